The fourth-order valence-electron chi connectivity index (χ4n) is 5.15. The van der Waals surface area contributed by atoms with E-state index in [1.54, 1.807) is 29.9 Å². The average Bonchev–Trinajstić information content (AvgIpc) is 3.29. The first-order chi connectivity index (χ1) is 17.5. The van der Waals surface area contributed by atoms with Crippen LogP contribution >= 0.6 is 0 Å². The standard InChI is InChI=1S/C24H30F3N7O3/c1-32-12-18(30-13-32)33(2)22(36)19-16(10-14-8-9-29-17(28)11-14)21(35)34(19)23(37)31-20(24(25,26)27)15-6-4-3-5-7-15/h8-9,11-13,15-16,19-20H,3-7,10H2,1-2H3,(H2,28,29)(H,31,37)/t16-,19+,20-/m1/s1. The SMILES string of the molecule is CN(C(=O)[C@@H]1[C@@H](Cc2ccnc(N)c2)C(=O)N1C(=O)N[C@H](C1CCCCC1)C(F)(F)F)c1cn(C)cn1. The molecule has 1 aliphatic heterocycles. The number of nitrogen functional groups attached to an aromatic ring is 1. The third kappa shape index (κ3) is 5.54. The number of hydrogen-bond acceptors (Lipinski definition) is 6. The van der Waals surface area contributed by atoms with Crippen molar-refractivity contribution in [2.75, 3.05) is 17.7 Å². The maximum Gasteiger partial charge on any atom is 0.408 e. The molecule has 4 rings (SSSR count). The van der Waals surface area contributed by atoms with Gasteiger partial charge >= 0.3 is 12.2 Å². The second kappa shape index (κ2) is 10.4. The number of carbonyl (C=O) groups is 3. The first kappa shape index (κ1) is 26.4. The van der Waals surface area contributed by atoms with Crippen LogP contribution in [0.1, 0.15) is 37.7 Å². The Morgan fingerprint density at radius 2 is 1.95 bits per heavy atom. The van der Waals surface area contributed by atoms with Crippen molar-refractivity contribution in [3.8, 4) is 0 Å². The summed E-state index contributed by atoms with van der Waals surface area (Å²) in [6.45, 7) is 0. The number of imidazole rings is 1. The van der Waals surface area contributed by atoms with Gasteiger partial charge in [0.25, 0.3) is 5.91 Å². The molecule has 2 aromatic rings. The Morgan fingerprint density at radius 3 is 2.54 bits per heavy atom. The highest BCUT2D eigenvalue weighted by Crippen LogP contribution is 2.37. The normalized spacial score (nSPS) is 21.3. The molecule has 3 N–H and O–H groups in total. The Morgan fingerprint density at radius 1 is 1.24 bits per heavy atom. The van der Waals surface area contributed by atoms with Crippen molar-refractivity contribution in [3.05, 3.63) is 36.4 Å². The van der Waals surface area contributed by atoms with Crippen LogP contribution in [-0.2, 0) is 23.1 Å². The Bertz CT molecular complexity index is 1160. The van der Waals surface area contributed by atoms with Gasteiger partial charge in [-0.2, -0.15) is 13.2 Å². The van der Waals surface area contributed by atoms with E-state index >= 15 is 0 Å². The summed E-state index contributed by atoms with van der Waals surface area (Å²) < 4.78 is 43.4. The lowest BCUT2D eigenvalue weighted by Crippen LogP contribution is -2.71. The predicted octanol–water partition coefficient (Wildman–Crippen LogP) is 2.65. The van der Waals surface area contributed by atoms with Gasteiger partial charge in [-0.3, -0.25) is 19.4 Å². The van der Waals surface area contributed by atoms with E-state index in [-0.39, 0.29) is 18.1 Å². The van der Waals surface area contributed by atoms with Crippen molar-refractivity contribution in [2.24, 2.45) is 18.9 Å². The second-order valence-corrected chi connectivity index (χ2v) is 9.71. The number of β-lactam (4-membered cyclic amide) rings is 1. The number of rotatable bonds is 6. The summed E-state index contributed by atoms with van der Waals surface area (Å²) in [6.07, 6.45) is 2.66. The maximum atomic E-state index is 13.9. The molecule has 0 aromatic carbocycles. The second-order valence-electron chi connectivity index (χ2n) is 9.71. The fourth-order valence-corrected chi connectivity index (χ4v) is 5.15. The number of aryl methyl sites for hydroxylation is 1. The number of pyridine rings is 1. The van der Waals surface area contributed by atoms with Gasteiger partial charge in [0, 0.05) is 26.5 Å². The minimum atomic E-state index is -4.69. The molecule has 3 atom stereocenters. The van der Waals surface area contributed by atoms with E-state index in [2.05, 4.69) is 9.97 Å². The predicted molar refractivity (Wildman–Crippen MR) is 128 cm³/mol. The number of amides is 4. The van der Waals surface area contributed by atoms with Gasteiger partial charge in [-0.05, 0) is 42.9 Å². The van der Waals surface area contributed by atoms with Crippen molar-refractivity contribution in [3.63, 3.8) is 0 Å². The van der Waals surface area contributed by atoms with Crippen LogP contribution in [0.2, 0.25) is 0 Å². The van der Waals surface area contributed by atoms with Gasteiger partial charge in [0.15, 0.2) is 5.82 Å². The first-order valence-electron chi connectivity index (χ1n) is 12.1. The number of likely N-dealkylation sites (tertiary alicyclic amines) is 1. The Kier molecular flexibility index (Phi) is 7.42. The first-order valence-corrected chi connectivity index (χ1v) is 12.1. The molecule has 0 bridgehead atoms. The number of nitrogens with one attached hydrogen (secondary N) is 1. The minimum Gasteiger partial charge on any atom is -0.384 e. The zero-order chi connectivity index (χ0) is 26.9. The van der Waals surface area contributed by atoms with Gasteiger partial charge in [0.2, 0.25) is 5.91 Å². The monoisotopic (exact) mass is 521 g/mol. The molecule has 2 fully saturated rings. The number of aromatic nitrogens is 3. The van der Waals surface area contributed by atoms with Crippen molar-refractivity contribution >= 4 is 29.5 Å². The number of nitrogens with zero attached hydrogens (tertiary/aromatic N) is 5. The van der Waals surface area contributed by atoms with Crippen molar-refractivity contribution in [1.29, 1.82) is 0 Å². The molecule has 0 unspecified atom stereocenters. The van der Waals surface area contributed by atoms with Crippen LogP contribution in [-0.4, -0.2) is 62.6 Å². The molecular weight excluding hydrogens is 491 g/mol. The van der Waals surface area contributed by atoms with Crippen LogP contribution in [0.3, 0.4) is 0 Å². The highest BCUT2D eigenvalue weighted by Gasteiger charge is 2.57. The van der Waals surface area contributed by atoms with E-state index < -0.39 is 47.9 Å². The summed E-state index contributed by atoms with van der Waals surface area (Å²) >= 11 is 0. The van der Waals surface area contributed by atoms with Gasteiger partial charge in [-0.25, -0.2) is 14.8 Å². The van der Waals surface area contributed by atoms with Crippen molar-refractivity contribution < 1.29 is 27.6 Å². The third-order valence-electron chi connectivity index (χ3n) is 7.11. The maximum absolute atomic E-state index is 13.9. The number of imide groups is 1. The molecule has 0 spiro atoms. The molecule has 37 heavy (non-hydrogen) atoms. The average molecular weight is 522 g/mol. The van der Waals surface area contributed by atoms with E-state index in [0.29, 0.717) is 36.1 Å². The number of halogens is 3. The largest absolute Gasteiger partial charge is 0.408 e. The Balaban J connectivity index is 1.59. The van der Waals surface area contributed by atoms with E-state index in [0.717, 1.165) is 6.42 Å². The van der Waals surface area contributed by atoms with Gasteiger partial charge < -0.3 is 15.6 Å². The molecule has 13 heteroatoms. The topological polar surface area (TPSA) is 126 Å². The van der Waals surface area contributed by atoms with E-state index in [4.69, 9.17) is 5.73 Å². The van der Waals surface area contributed by atoms with Crippen LogP contribution < -0.4 is 16.0 Å². The van der Waals surface area contributed by atoms with Crippen LogP contribution in [0.15, 0.2) is 30.9 Å². The number of hydrogen-bond donors (Lipinski definition) is 2. The molecule has 2 aromatic heterocycles. The molecule has 1 saturated carbocycles. The molecule has 200 valence electrons. The quantitative estimate of drug-likeness (QED) is 0.563. The minimum absolute atomic E-state index is 0.0626. The zero-order valence-corrected chi connectivity index (χ0v) is 20.6. The molecule has 1 saturated heterocycles. The van der Waals surface area contributed by atoms with Gasteiger partial charge in [-0.15, -0.1) is 0 Å². The fraction of sp³-hybridized carbons (Fsp3) is 0.542. The van der Waals surface area contributed by atoms with Crippen molar-refractivity contribution in [2.45, 2.75) is 56.8 Å². The number of alkyl halides is 3. The summed E-state index contributed by atoms with van der Waals surface area (Å²) in [7, 11) is 3.15. The van der Waals surface area contributed by atoms with Crippen LogP contribution in [0, 0.1) is 11.8 Å². The van der Waals surface area contributed by atoms with E-state index in [9.17, 15) is 27.6 Å². The molecule has 3 heterocycles. The summed E-state index contributed by atoms with van der Waals surface area (Å²) in [6, 6.07) is -1.47. The lowest BCUT2D eigenvalue weighted by molar-refractivity contribution is -0.170. The summed E-state index contributed by atoms with van der Waals surface area (Å²) in [5.74, 6) is -2.63. The lowest BCUT2D eigenvalue weighted by atomic mass is 9.81. The molecule has 4 amide bonds. The molecular formula is C24H30F3N7O3. The van der Waals surface area contributed by atoms with Gasteiger partial charge in [0.1, 0.15) is 17.9 Å². The Hall–Kier alpha value is -3.64. The summed E-state index contributed by atoms with van der Waals surface area (Å²) in [5, 5.41) is 2.04. The van der Waals surface area contributed by atoms with E-state index in [1.165, 1.54) is 24.5 Å². The zero-order valence-electron chi connectivity index (χ0n) is 20.6. The summed E-state index contributed by atoms with van der Waals surface area (Å²) in [5.41, 5.74) is 6.34. The van der Waals surface area contributed by atoms with Crippen LogP contribution in [0.25, 0.3) is 0 Å². The highest BCUT2D eigenvalue weighted by atomic mass is 19.4. The lowest BCUT2D eigenvalue weighted by Gasteiger charge is -2.46. The Labute approximate surface area is 212 Å². The van der Waals surface area contributed by atoms with Crippen molar-refractivity contribution in [1.82, 2.24) is 24.8 Å². The summed E-state index contributed by atoms with van der Waals surface area (Å²) in [4.78, 5) is 49.6. The smallest absolute Gasteiger partial charge is 0.384 e. The highest BCUT2D eigenvalue weighted by molar-refractivity contribution is 6.12. The van der Waals surface area contributed by atoms with Gasteiger partial charge in [0.05, 0.1) is 12.2 Å². The number of nitrogens with two attached hydrogens (primary N) is 1. The number of likely N-dealkylation sites (N-methyl/N-ethyl adjacent to an activating group) is 1. The number of carbonyl (C=O) groups excluding carboxylic acids is 3. The third-order valence-corrected chi connectivity index (χ3v) is 7.11. The molecule has 2 aliphatic rings. The van der Waals surface area contributed by atoms with E-state index in [1.807, 2.05) is 5.32 Å². The van der Waals surface area contributed by atoms with Crippen LogP contribution in [0.4, 0.5) is 29.6 Å². The number of anilines is 2. The molecule has 10 nitrogen and oxygen atoms in total. The van der Waals surface area contributed by atoms with Gasteiger partial charge in [-0.1, -0.05) is 19.3 Å². The molecule has 0 radical (unpaired) electrons. The number of urea groups is 1. The molecule has 1 aliphatic carbocycles. The van der Waals surface area contributed by atoms with Crippen LogP contribution in [0.5, 0.6) is 0 Å².